The van der Waals surface area contributed by atoms with Crippen LogP contribution in [0.15, 0.2) is 18.3 Å². The van der Waals surface area contributed by atoms with E-state index in [1.165, 1.54) is 13.0 Å². The highest BCUT2D eigenvalue weighted by Crippen LogP contribution is 1.98. The Kier molecular flexibility index (Phi) is 3.46. The first kappa shape index (κ1) is 11.3. The minimum Gasteiger partial charge on any atom is -0.480 e. The molecule has 1 aromatic rings. The third-order valence-corrected chi connectivity index (χ3v) is 1.88. The van der Waals surface area contributed by atoms with Gasteiger partial charge in [-0.1, -0.05) is 0 Å². The molecule has 2 atom stereocenters. The minimum atomic E-state index is -1.30. The van der Waals surface area contributed by atoms with Crippen molar-refractivity contribution in [2.24, 2.45) is 0 Å². The van der Waals surface area contributed by atoms with Gasteiger partial charge in [0.25, 0.3) is 5.91 Å². The van der Waals surface area contributed by atoms with Gasteiger partial charge in [-0.05, 0) is 19.1 Å². The van der Waals surface area contributed by atoms with Crippen LogP contribution in [0.5, 0.6) is 0 Å². The zero-order valence-electron chi connectivity index (χ0n) is 8.10. The number of aliphatic hydroxyl groups is 1. The highest BCUT2D eigenvalue weighted by molar-refractivity contribution is 5.95. The molecule has 1 rings (SSSR count). The molecule has 0 radical (unpaired) electrons. The number of rotatable bonds is 4. The molecule has 0 saturated carbocycles. The summed E-state index contributed by atoms with van der Waals surface area (Å²) in [5.41, 5.74) is 0.252. The molecule has 0 aliphatic heterocycles. The van der Waals surface area contributed by atoms with Crippen molar-refractivity contribution in [3.8, 4) is 0 Å². The molecule has 0 aliphatic carbocycles. The van der Waals surface area contributed by atoms with Crippen LogP contribution in [-0.4, -0.2) is 39.2 Å². The van der Waals surface area contributed by atoms with Crippen LogP contribution in [0.25, 0.3) is 0 Å². The minimum absolute atomic E-state index is 0.252. The van der Waals surface area contributed by atoms with E-state index in [4.69, 9.17) is 10.2 Å². The summed E-state index contributed by atoms with van der Waals surface area (Å²) in [6.45, 7) is 1.30. The Hall–Kier alpha value is -1.82. The van der Waals surface area contributed by atoms with E-state index in [0.29, 0.717) is 0 Å². The van der Waals surface area contributed by atoms with Gasteiger partial charge in [0.15, 0.2) is 6.04 Å². The number of amides is 1. The molecule has 0 saturated heterocycles. The molecular formula is C9H12N2O4. The van der Waals surface area contributed by atoms with Crippen molar-refractivity contribution in [1.82, 2.24) is 10.3 Å². The molecule has 0 bridgehead atoms. The lowest BCUT2D eigenvalue weighted by Gasteiger charge is -2.16. The third-order valence-electron chi connectivity index (χ3n) is 1.88. The first-order chi connectivity index (χ1) is 7.02. The van der Waals surface area contributed by atoms with E-state index < -0.39 is 24.0 Å². The zero-order valence-corrected chi connectivity index (χ0v) is 8.10. The van der Waals surface area contributed by atoms with Crippen molar-refractivity contribution in [3.63, 3.8) is 0 Å². The van der Waals surface area contributed by atoms with E-state index in [-0.39, 0.29) is 5.69 Å². The first-order valence-corrected chi connectivity index (χ1v) is 4.37. The number of carbonyl (C=O) groups excluding carboxylic acids is 1. The molecule has 2 unspecified atom stereocenters. The summed E-state index contributed by atoms with van der Waals surface area (Å²) in [6, 6.07) is 1.82. The monoisotopic (exact) mass is 212 g/mol. The van der Waals surface area contributed by atoms with Gasteiger partial charge in [-0.15, -0.1) is 0 Å². The van der Waals surface area contributed by atoms with Gasteiger partial charge in [0.1, 0.15) is 5.69 Å². The maximum Gasteiger partial charge on any atom is 0.328 e. The average Bonchev–Trinajstić information content (AvgIpc) is 2.65. The number of carboxylic acid groups (broad SMARTS) is 1. The van der Waals surface area contributed by atoms with E-state index in [0.717, 1.165) is 0 Å². The Balaban J connectivity index is 2.67. The van der Waals surface area contributed by atoms with Gasteiger partial charge in [0.05, 0.1) is 6.10 Å². The van der Waals surface area contributed by atoms with Crippen LogP contribution in [-0.2, 0) is 4.79 Å². The van der Waals surface area contributed by atoms with Gasteiger partial charge in [0.2, 0.25) is 0 Å². The fraction of sp³-hybridized carbons (Fsp3) is 0.333. The van der Waals surface area contributed by atoms with Crippen molar-refractivity contribution >= 4 is 11.9 Å². The molecular weight excluding hydrogens is 200 g/mol. The van der Waals surface area contributed by atoms with Crippen LogP contribution in [0, 0.1) is 0 Å². The molecule has 1 heterocycles. The van der Waals surface area contributed by atoms with Crippen LogP contribution in [0.1, 0.15) is 17.4 Å². The lowest BCUT2D eigenvalue weighted by atomic mass is 10.2. The number of carbonyl (C=O) groups is 2. The number of aliphatic carboxylic acids is 1. The number of carboxylic acids is 1. The zero-order chi connectivity index (χ0) is 11.4. The number of H-pyrrole nitrogens is 1. The summed E-state index contributed by atoms with van der Waals surface area (Å²) >= 11 is 0. The number of hydrogen-bond donors (Lipinski definition) is 4. The van der Waals surface area contributed by atoms with Gasteiger partial charge in [0, 0.05) is 6.20 Å². The number of aromatic amines is 1. The molecule has 0 aliphatic rings. The van der Waals surface area contributed by atoms with Crippen molar-refractivity contribution in [1.29, 1.82) is 0 Å². The van der Waals surface area contributed by atoms with Crippen LogP contribution in [0.4, 0.5) is 0 Å². The predicted molar refractivity (Wildman–Crippen MR) is 51.4 cm³/mol. The number of hydrogen-bond acceptors (Lipinski definition) is 3. The predicted octanol–water partition coefficient (Wildman–Crippen LogP) is -0.422. The van der Waals surface area contributed by atoms with Gasteiger partial charge >= 0.3 is 5.97 Å². The normalized spacial score (nSPS) is 14.3. The Bertz CT molecular complexity index is 345. The Morgan fingerprint density at radius 2 is 2.20 bits per heavy atom. The lowest BCUT2D eigenvalue weighted by Crippen LogP contribution is -2.47. The second-order valence-electron chi connectivity index (χ2n) is 3.11. The van der Waals surface area contributed by atoms with Gasteiger partial charge in [-0.3, -0.25) is 4.79 Å². The van der Waals surface area contributed by atoms with Gasteiger partial charge in [-0.2, -0.15) is 0 Å². The molecule has 0 fully saturated rings. The van der Waals surface area contributed by atoms with Crippen molar-refractivity contribution in [2.45, 2.75) is 19.1 Å². The maximum absolute atomic E-state index is 11.4. The van der Waals surface area contributed by atoms with Crippen LogP contribution < -0.4 is 5.32 Å². The van der Waals surface area contributed by atoms with Crippen LogP contribution >= 0.6 is 0 Å². The summed E-state index contributed by atoms with van der Waals surface area (Å²) in [4.78, 5) is 24.7. The van der Waals surface area contributed by atoms with E-state index in [1.807, 2.05) is 0 Å². The van der Waals surface area contributed by atoms with E-state index >= 15 is 0 Å². The standard InChI is InChI=1S/C9H12N2O4/c1-5(12)7(9(14)15)11-8(13)6-3-2-4-10-6/h2-5,7,10,12H,1H3,(H,11,13)(H,14,15). The van der Waals surface area contributed by atoms with Crippen LogP contribution in [0.2, 0.25) is 0 Å². The number of nitrogens with one attached hydrogen (secondary N) is 2. The lowest BCUT2D eigenvalue weighted by molar-refractivity contribution is -0.141. The Morgan fingerprint density at radius 1 is 1.53 bits per heavy atom. The van der Waals surface area contributed by atoms with E-state index in [2.05, 4.69) is 10.3 Å². The fourth-order valence-corrected chi connectivity index (χ4v) is 1.08. The second-order valence-corrected chi connectivity index (χ2v) is 3.11. The van der Waals surface area contributed by atoms with Crippen molar-refractivity contribution in [3.05, 3.63) is 24.0 Å². The summed E-state index contributed by atoms with van der Waals surface area (Å²) in [5.74, 6) is -1.83. The summed E-state index contributed by atoms with van der Waals surface area (Å²) in [5, 5.41) is 20.0. The van der Waals surface area contributed by atoms with E-state index in [1.54, 1.807) is 12.3 Å². The largest absolute Gasteiger partial charge is 0.480 e. The average molecular weight is 212 g/mol. The molecule has 1 aromatic heterocycles. The Morgan fingerprint density at radius 3 is 2.60 bits per heavy atom. The third kappa shape index (κ3) is 2.81. The molecule has 0 spiro atoms. The molecule has 4 N–H and O–H groups in total. The molecule has 0 aromatic carbocycles. The molecule has 15 heavy (non-hydrogen) atoms. The highest BCUT2D eigenvalue weighted by Gasteiger charge is 2.25. The number of aromatic nitrogens is 1. The fourth-order valence-electron chi connectivity index (χ4n) is 1.08. The second kappa shape index (κ2) is 4.61. The van der Waals surface area contributed by atoms with Gasteiger partial charge < -0.3 is 20.5 Å². The molecule has 6 nitrogen and oxygen atoms in total. The maximum atomic E-state index is 11.4. The molecule has 6 heteroatoms. The summed E-state index contributed by atoms with van der Waals surface area (Å²) in [6.07, 6.45) is 0.397. The summed E-state index contributed by atoms with van der Waals surface area (Å²) < 4.78 is 0. The smallest absolute Gasteiger partial charge is 0.328 e. The summed E-state index contributed by atoms with van der Waals surface area (Å²) in [7, 11) is 0. The number of aliphatic hydroxyl groups excluding tert-OH is 1. The highest BCUT2D eigenvalue weighted by atomic mass is 16.4. The molecule has 1 amide bonds. The van der Waals surface area contributed by atoms with Crippen molar-refractivity contribution < 1.29 is 19.8 Å². The van der Waals surface area contributed by atoms with E-state index in [9.17, 15) is 9.59 Å². The first-order valence-electron chi connectivity index (χ1n) is 4.37. The SMILES string of the molecule is CC(O)C(NC(=O)c1ccc[nH]1)C(=O)O. The van der Waals surface area contributed by atoms with Crippen molar-refractivity contribution in [2.75, 3.05) is 0 Å². The van der Waals surface area contributed by atoms with Gasteiger partial charge in [-0.25, -0.2) is 4.79 Å². The quantitative estimate of drug-likeness (QED) is 0.544. The Labute approximate surface area is 85.9 Å². The van der Waals surface area contributed by atoms with Crippen LogP contribution in [0.3, 0.4) is 0 Å². The molecule has 82 valence electrons. The topological polar surface area (TPSA) is 102 Å².